The molecule has 0 aliphatic carbocycles. The zero-order valence-electron chi connectivity index (χ0n) is 14.9. The van der Waals surface area contributed by atoms with Crippen molar-refractivity contribution >= 4 is 11.8 Å². The molecule has 2 aromatic rings. The van der Waals surface area contributed by atoms with Crippen molar-refractivity contribution < 1.29 is 22.7 Å². The zero-order chi connectivity index (χ0) is 19.4. The molecule has 1 aliphatic rings. The van der Waals surface area contributed by atoms with Crippen LogP contribution < -0.4 is 4.90 Å². The Kier molecular flexibility index (Phi) is 5.65. The molecule has 8 heteroatoms. The van der Waals surface area contributed by atoms with E-state index in [1.165, 1.54) is 13.2 Å². The van der Waals surface area contributed by atoms with Crippen LogP contribution in [-0.2, 0) is 17.5 Å². The lowest BCUT2D eigenvalue weighted by atomic mass is 10.1. The largest absolute Gasteiger partial charge is 0.465 e. The van der Waals surface area contributed by atoms with Crippen molar-refractivity contribution in [2.45, 2.75) is 12.7 Å². The highest BCUT2D eigenvalue weighted by molar-refractivity contribution is 5.89. The molecule has 1 fully saturated rings. The molecule has 0 bridgehead atoms. The molecule has 0 saturated carbocycles. The second kappa shape index (κ2) is 7.96. The lowest BCUT2D eigenvalue weighted by molar-refractivity contribution is -0.137. The van der Waals surface area contributed by atoms with Crippen molar-refractivity contribution in [2.75, 3.05) is 38.2 Å². The molecule has 1 aromatic carbocycles. The molecule has 2 heterocycles. The van der Waals surface area contributed by atoms with E-state index in [1.54, 1.807) is 12.1 Å². The summed E-state index contributed by atoms with van der Waals surface area (Å²) in [6.07, 6.45) is -3.49. The minimum absolute atomic E-state index is 0.362. The number of carbonyl (C=O) groups is 1. The lowest BCUT2D eigenvalue weighted by Crippen LogP contribution is -2.46. The summed E-state index contributed by atoms with van der Waals surface area (Å²) in [7, 11) is 1.35. The molecular formula is C19H20F3N3O2. The number of aromatic nitrogens is 1. The first-order chi connectivity index (χ1) is 12.9. The number of pyridine rings is 1. The predicted octanol–water partition coefficient (Wildman–Crippen LogP) is 3.21. The summed E-state index contributed by atoms with van der Waals surface area (Å²) in [4.78, 5) is 19.7. The van der Waals surface area contributed by atoms with E-state index in [9.17, 15) is 18.0 Å². The quantitative estimate of drug-likeness (QED) is 0.764. The molecule has 0 atom stereocenters. The zero-order valence-corrected chi connectivity index (χ0v) is 14.9. The molecule has 1 aromatic heterocycles. The van der Waals surface area contributed by atoms with Crippen LogP contribution in [0, 0.1) is 0 Å². The molecule has 0 unspecified atom stereocenters. The number of methoxy groups -OCH3 is 1. The van der Waals surface area contributed by atoms with Gasteiger partial charge in [0.05, 0.1) is 18.2 Å². The Morgan fingerprint density at radius 1 is 1.07 bits per heavy atom. The van der Waals surface area contributed by atoms with Crippen molar-refractivity contribution in [3.63, 3.8) is 0 Å². The van der Waals surface area contributed by atoms with Crippen LogP contribution in [0.5, 0.6) is 0 Å². The second-order valence-corrected chi connectivity index (χ2v) is 6.35. The Balaban J connectivity index is 1.53. The van der Waals surface area contributed by atoms with E-state index in [4.69, 9.17) is 0 Å². The van der Waals surface area contributed by atoms with Crippen LogP contribution >= 0.6 is 0 Å². The van der Waals surface area contributed by atoms with Crippen LogP contribution in [0.2, 0.25) is 0 Å². The summed E-state index contributed by atoms with van der Waals surface area (Å²) in [5.41, 5.74) is 0.864. The van der Waals surface area contributed by atoms with Gasteiger partial charge in [-0.3, -0.25) is 4.90 Å². The summed E-state index contributed by atoms with van der Waals surface area (Å²) in [6, 6.07) is 9.76. The van der Waals surface area contributed by atoms with Crippen LogP contribution in [-0.4, -0.2) is 49.1 Å². The SMILES string of the molecule is COC(=O)c1ccc(CN2CCN(c3ccc(C(F)(F)F)cn3)CC2)cc1. The first-order valence-electron chi connectivity index (χ1n) is 8.54. The highest BCUT2D eigenvalue weighted by Gasteiger charge is 2.31. The van der Waals surface area contributed by atoms with Gasteiger partial charge in [0, 0.05) is 38.9 Å². The topological polar surface area (TPSA) is 45.7 Å². The van der Waals surface area contributed by atoms with Gasteiger partial charge in [0.15, 0.2) is 0 Å². The molecule has 3 rings (SSSR count). The van der Waals surface area contributed by atoms with Crippen molar-refractivity contribution in [3.05, 3.63) is 59.3 Å². The van der Waals surface area contributed by atoms with Gasteiger partial charge >= 0.3 is 12.1 Å². The predicted molar refractivity (Wildman–Crippen MR) is 94.5 cm³/mol. The summed E-state index contributed by atoms with van der Waals surface area (Å²) in [5, 5.41) is 0. The van der Waals surface area contributed by atoms with Crippen LogP contribution in [0.1, 0.15) is 21.5 Å². The molecular weight excluding hydrogens is 359 g/mol. The maximum Gasteiger partial charge on any atom is 0.417 e. The third kappa shape index (κ3) is 4.77. The van der Waals surface area contributed by atoms with E-state index in [2.05, 4.69) is 14.6 Å². The van der Waals surface area contributed by atoms with Crippen LogP contribution in [0.15, 0.2) is 42.6 Å². The standard InChI is InChI=1S/C19H20F3N3O2/c1-27-18(26)15-4-2-14(3-5-15)13-24-8-10-25(11-9-24)17-7-6-16(12-23-17)19(20,21)22/h2-7,12H,8-11,13H2,1H3. The van der Waals surface area contributed by atoms with Crippen molar-refractivity contribution in [1.82, 2.24) is 9.88 Å². The number of alkyl halides is 3. The number of nitrogens with zero attached hydrogens (tertiary/aromatic N) is 3. The molecule has 5 nitrogen and oxygen atoms in total. The third-order valence-electron chi connectivity index (χ3n) is 4.55. The highest BCUT2D eigenvalue weighted by atomic mass is 19.4. The maximum absolute atomic E-state index is 12.6. The number of halogens is 3. The molecule has 1 saturated heterocycles. The minimum atomic E-state index is -4.37. The van der Waals surface area contributed by atoms with E-state index in [1.807, 2.05) is 17.0 Å². The average molecular weight is 379 g/mol. The highest BCUT2D eigenvalue weighted by Crippen LogP contribution is 2.29. The van der Waals surface area contributed by atoms with Crippen LogP contribution in [0.3, 0.4) is 0 Å². The number of carbonyl (C=O) groups excluding carboxylic acids is 1. The van der Waals surface area contributed by atoms with Gasteiger partial charge in [-0.2, -0.15) is 13.2 Å². The monoisotopic (exact) mass is 379 g/mol. The first kappa shape index (κ1) is 19.2. The Bertz CT molecular complexity index is 768. The minimum Gasteiger partial charge on any atom is -0.465 e. The summed E-state index contributed by atoms with van der Waals surface area (Å²) >= 11 is 0. The van der Waals surface area contributed by atoms with Crippen LogP contribution in [0.25, 0.3) is 0 Å². The van der Waals surface area contributed by atoms with E-state index in [0.29, 0.717) is 24.5 Å². The summed E-state index contributed by atoms with van der Waals surface area (Å²) in [5.74, 6) is 0.198. The lowest BCUT2D eigenvalue weighted by Gasteiger charge is -2.35. The Morgan fingerprint density at radius 3 is 2.26 bits per heavy atom. The number of esters is 1. The smallest absolute Gasteiger partial charge is 0.417 e. The molecule has 0 N–H and O–H groups in total. The normalized spacial score (nSPS) is 15.6. The van der Waals surface area contributed by atoms with Gasteiger partial charge in [0.25, 0.3) is 0 Å². The molecule has 0 amide bonds. The molecule has 1 aliphatic heterocycles. The van der Waals surface area contributed by atoms with Crippen molar-refractivity contribution in [2.24, 2.45) is 0 Å². The van der Waals surface area contributed by atoms with E-state index >= 15 is 0 Å². The van der Waals surface area contributed by atoms with Gasteiger partial charge in [0.2, 0.25) is 0 Å². The second-order valence-electron chi connectivity index (χ2n) is 6.35. The summed E-state index contributed by atoms with van der Waals surface area (Å²) < 4.78 is 42.6. The number of ether oxygens (including phenoxy) is 1. The number of anilines is 1. The number of benzene rings is 1. The van der Waals surface area contributed by atoms with E-state index < -0.39 is 11.7 Å². The Hall–Kier alpha value is -2.61. The first-order valence-corrected chi connectivity index (χ1v) is 8.54. The fourth-order valence-electron chi connectivity index (χ4n) is 3.00. The maximum atomic E-state index is 12.6. The van der Waals surface area contributed by atoms with Gasteiger partial charge < -0.3 is 9.64 Å². The van der Waals surface area contributed by atoms with Gasteiger partial charge in [-0.05, 0) is 29.8 Å². The molecule has 0 spiro atoms. The van der Waals surface area contributed by atoms with Crippen LogP contribution in [0.4, 0.5) is 19.0 Å². The van der Waals surface area contributed by atoms with E-state index in [-0.39, 0.29) is 5.97 Å². The number of rotatable bonds is 4. The number of hydrogen-bond donors (Lipinski definition) is 0. The fourth-order valence-corrected chi connectivity index (χ4v) is 3.00. The Morgan fingerprint density at radius 2 is 1.74 bits per heavy atom. The van der Waals surface area contributed by atoms with Crippen molar-refractivity contribution in [1.29, 1.82) is 0 Å². The molecule has 144 valence electrons. The molecule has 27 heavy (non-hydrogen) atoms. The van der Waals surface area contributed by atoms with E-state index in [0.717, 1.165) is 37.5 Å². The summed E-state index contributed by atoms with van der Waals surface area (Å²) in [6.45, 7) is 3.69. The van der Waals surface area contributed by atoms with Gasteiger partial charge in [-0.1, -0.05) is 12.1 Å². The Labute approximate surface area is 155 Å². The number of piperazine rings is 1. The van der Waals surface area contributed by atoms with Crippen molar-refractivity contribution in [3.8, 4) is 0 Å². The third-order valence-corrected chi connectivity index (χ3v) is 4.55. The molecule has 0 radical (unpaired) electrons. The van der Waals surface area contributed by atoms with Gasteiger partial charge in [-0.25, -0.2) is 9.78 Å². The van der Waals surface area contributed by atoms with Gasteiger partial charge in [-0.15, -0.1) is 0 Å². The van der Waals surface area contributed by atoms with Gasteiger partial charge in [0.1, 0.15) is 5.82 Å². The number of hydrogen-bond acceptors (Lipinski definition) is 5. The fraction of sp³-hybridized carbons (Fsp3) is 0.368. The average Bonchev–Trinajstić information content (AvgIpc) is 2.68.